The number of halogens is 2. The second kappa shape index (κ2) is 11.5. The van der Waals surface area contributed by atoms with E-state index in [4.69, 9.17) is 4.74 Å². The molecule has 3 rings (SSSR count). The van der Waals surface area contributed by atoms with Crippen molar-refractivity contribution >= 4 is 57.5 Å². The molecule has 10 heteroatoms. The first-order chi connectivity index (χ1) is 13.5. The Balaban J connectivity index is 0.00000300. The van der Waals surface area contributed by atoms with Crippen LogP contribution in [-0.2, 0) is 16.6 Å². The highest BCUT2D eigenvalue weighted by molar-refractivity contribution is 14.0. The summed E-state index contributed by atoms with van der Waals surface area (Å²) in [7, 11) is 3.64. The number of aryl methyl sites for hydroxylation is 1. The number of amides is 1. The van der Waals surface area contributed by atoms with Gasteiger partial charge in [0, 0.05) is 55.5 Å². The van der Waals surface area contributed by atoms with Gasteiger partial charge in [0.1, 0.15) is 6.10 Å². The summed E-state index contributed by atoms with van der Waals surface area (Å²) in [6.45, 7) is 2.56. The quantitative estimate of drug-likeness (QED) is 0.325. The predicted molar refractivity (Wildman–Crippen MR) is 128 cm³/mol. The molecule has 8 nitrogen and oxygen atoms in total. The molecule has 0 spiro atoms. The average molecular weight is 577 g/mol. The average Bonchev–Trinajstić information content (AvgIpc) is 3.14. The number of morpholine rings is 1. The molecule has 1 atom stereocenters. The third kappa shape index (κ3) is 6.96. The van der Waals surface area contributed by atoms with Crippen molar-refractivity contribution in [3.05, 3.63) is 46.7 Å². The Labute approximate surface area is 196 Å². The van der Waals surface area contributed by atoms with Gasteiger partial charge in [-0.3, -0.25) is 14.5 Å². The molecule has 1 aliphatic rings. The van der Waals surface area contributed by atoms with Crippen molar-refractivity contribution < 1.29 is 9.53 Å². The largest absolute Gasteiger partial charge is 0.370 e. The molecular formula is C19H26BrIN6O2. The van der Waals surface area contributed by atoms with Crippen LogP contribution in [0.15, 0.2) is 46.1 Å². The Hall–Kier alpha value is -1.66. The van der Waals surface area contributed by atoms with Crippen LogP contribution in [-0.4, -0.2) is 59.8 Å². The molecule has 2 aromatic rings. The molecule has 1 aliphatic heterocycles. The topological polar surface area (TPSA) is 83.8 Å². The minimum atomic E-state index is -0.0412. The fourth-order valence-electron chi connectivity index (χ4n) is 3.03. The van der Waals surface area contributed by atoms with E-state index in [0.29, 0.717) is 26.1 Å². The summed E-state index contributed by atoms with van der Waals surface area (Å²) >= 11 is 3.38. The van der Waals surface area contributed by atoms with Crippen LogP contribution in [0, 0.1) is 0 Å². The molecular weight excluding hydrogens is 551 g/mol. The van der Waals surface area contributed by atoms with E-state index in [1.165, 1.54) is 0 Å². The second-order valence-electron chi connectivity index (χ2n) is 6.53. The van der Waals surface area contributed by atoms with Crippen LogP contribution in [0.5, 0.6) is 0 Å². The van der Waals surface area contributed by atoms with Gasteiger partial charge in [-0.05, 0) is 24.3 Å². The Morgan fingerprint density at radius 1 is 1.38 bits per heavy atom. The Kier molecular flexibility index (Phi) is 9.37. The predicted octanol–water partition coefficient (Wildman–Crippen LogP) is 2.78. The van der Waals surface area contributed by atoms with Crippen molar-refractivity contribution in [2.45, 2.75) is 12.5 Å². The number of anilines is 1. The molecule has 1 unspecified atom stereocenters. The maximum absolute atomic E-state index is 12.1. The van der Waals surface area contributed by atoms with Crippen molar-refractivity contribution in [3.63, 3.8) is 0 Å². The van der Waals surface area contributed by atoms with Crippen LogP contribution >= 0.6 is 39.9 Å². The van der Waals surface area contributed by atoms with Crippen LogP contribution in [0.4, 0.5) is 5.69 Å². The summed E-state index contributed by atoms with van der Waals surface area (Å²) in [5.41, 5.74) is 1.83. The normalized spacial score (nSPS) is 16.9. The molecule has 0 saturated carbocycles. The van der Waals surface area contributed by atoms with Gasteiger partial charge < -0.3 is 20.3 Å². The maximum atomic E-state index is 12.1. The number of ether oxygens (including phenoxy) is 1. The number of aliphatic imine (C=N–C) groups is 1. The van der Waals surface area contributed by atoms with Gasteiger partial charge in [0.05, 0.1) is 19.3 Å². The van der Waals surface area contributed by atoms with Crippen LogP contribution in [0.2, 0.25) is 0 Å². The number of carbonyl (C=O) groups excluding carboxylic acids is 1. The highest BCUT2D eigenvalue weighted by Crippen LogP contribution is 2.21. The van der Waals surface area contributed by atoms with E-state index in [2.05, 4.69) is 41.6 Å². The van der Waals surface area contributed by atoms with Gasteiger partial charge in [-0.1, -0.05) is 15.9 Å². The lowest BCUT2D eigenvalue weighted by atomic mass is 10.1. The number of carbonyl (C=O) groups is 1. The SMILES string of the molecule is CN=C(NCCC(=O)Nc1ccc(Br)cc1)N1CCOC(c2cnn(C)c2)C1.I. The fraction of sp³-hybridized carbons (Fsp3) is 0.421. The van der Waals surface area contributed by atoms with Gasteiger partial charge in [0.2, 0.25) is 5.91 Å². The van der Waals surface area contributed by atoms with Gasteiger partial charge >= 0.3 is 0 Å². The van der Waals surface area contributed by atoms with E-state index in [9.17, 15) is 4.79 Å². The smallest absolute Gasteiger partial charge is 0.226 e. The molecule has 2 N–H and O–H groups in total. The number of nitrogens with one attached hydrogen (secondary N) is 2. The third-order valence-corrected chi connectivity index (χ3v) is 4.97. The Bertz CT molecular complexity index is 826. The number of benzene rings is 1. The van der Waals surface area contributed by atoms with Crippen LogP contribution in [0.1, 0.15) is 18.1 Å². The van der Waals surface area contributed by atoms with Crippen molar-refractivity contribution in [2.75, 3.05) is 38.6 Å². The van der Waals surface area contributed by atoms with Crippen LogP contribution in [0.3, 0.4) is 0 Å². The zero-order valence-electron chi connectivity index (χ0n) is 16.5. The van der Waals surface area contributed by atoms with Crippen molar-refractivity contribution in [3.8, 4) is 0 Å². The molecule has 0 radical (unpaired) electrons. The van der Waals surface area contributed by atoms with E-state index in [-0.39, 0.29) is 36.0 Å². The van der Waals surface area contributed by atoms with Crippen LogP contribution in [0.25, 0.3) is 0 Å². The fourth-order valence-corrected chi connectivity index (χ4v) is 3.29. The lowest BCUT2D eigenvalue weighted by Crippen LogP contribution is -2.48. The Morgan fingerprint density at radius 3 is 2.79 bits per heavy atom. The molecule has 1 amide bonds. The summed E-state index contributed by atoms with van der Waals surface area (Å²) < 4.78 is 8.62. The monoisotopic (exact) mass is 576 g/mol. The summed E-state index contributed by atoms with van der Waals surface area (Å²) in [6.07, 6.45) is 4.11. The summed E-state index contributed by atoms with van der Waals surface area (Å²) in [5.74, 6) is 0.731. The first-order valence-corrected chi connectivity index (χ1v) is 9.95. The lowest BCUT2D eigenvalue weighted by molar-refractivity contribution is -0.116. The van der Waals surface area contributed by atoms with Crippen molar-refractivity contribution in [2.24, 2.45) is 12.0 Å². The second-order valence-corrected chi connectivity index (χ2v) is 7.45. The minimum Gasteiger partial charge on any atom is -0.370 e. The summed E-state index contributed by atoms with van der Waals surface area (Å²) in [6, 6.07) is 7.51. The zero-order chi connectivity index (χ0) is 19.9. The van der Waals surface area contributed by atoms with Crippen molar-refractivity contribution in [1.29, 1.82) is 0 Å². The first-order valence-electron chi connectivity index (χ1n) is 9.16. The summed E-state index contributed by atoms with van der Waals surface area (Å²) in [5, 5.41) is 10.4. The van der Waals surface area contributed by atoms with Crippen molar-refractivity contribution in [1.82, 2.24) is 20.0 Å². The highest BCUT2D eigenvalue weighted by atomic mass is 127. The van der Waals surface area contributed by atoms with E-state index < -0.39 is 0 Å². The molecule has 0 bridgehead atoms. The van der Waals surface area contributed by atoms with E-state index in [1.807, 2.05) is 43.7 Å². The van der Waals surface area contributed by atoms with Gasteiger partial charge in [-0.2, -0.15) is 5.10 Å². The standard InChI is InChI=1S/C19H25BrN6O2.HI/c1-21-19(22-8-7-18(27)24-16-5-3-15(20)4-6-16)26-9-10-28-17(13-26)14-11-23-25(2)12-14;/h3-6,11-12,17H,7-10,13H2,1-2H3,(H,21,22)(H,24,27);1H. The molecule has 1 aromatic carbocycles. The number of nitrogens with zero attached hydrogens (tertiary/aromatic N) is 4. The van der Waals surface area contributed by atoms with E-state index >= 15 is 0 Å². The zero-order valence-corrected chi connectivity index (χ0v) is 20.4. The number of hydrogen-bond acceptors (Lipinski definition) is 4. The lowest BCUT2D eigenvalue weighted by Gasteiger charge is -2.34. The third-order valence-electron chi connectivity index (χ3n) is 4.44. The molecule has 1 aromatic heterocycles. The molecule has 29 heavy (non-hydrogen) atoms. The van der Waals surface area contributed by atoms with E-state index in [1.54, 1.807) is 11.7 Å². The van der Waals surface area contributed by atoms with Gasteiger partial charge in [-0.25, -0.2) is 0 Å². The maximum Gasteiger partial charge on any atom is 0.226 e. The van der Waals surface area contributed by atoms with Gasteiger partial charge in [0.25, 0.3) is 0 Å². The first kappa shape index (κ1) is 23.6. The number of aromatic nitrogens is 2. The molecule has 1 saturated heterocycles. The molecule has 2 heterocycles. The molecule has 158 valence electrons. The number of guanidine groups is 1. The molecule has 0 aliphatic carbocycles. The van der Waals surface area contributed by atoms with E-state index in [0.717, 1.165) is 28.2 Å². The number of hydrogen-bond donors (Lipinski definition) is 2. The Morgan fingerprint density at radius 2 is 2.14 bits per heavy atom. The van der Waals surface area contributed by atoms with Gasteiger partial charge in [0.15, 0.2) is 5.96 Å². The van der Waals surface area contributed by atoms with Gasteiger partial charge in [-0.15, -0.1) is 24.0 Å². The highest BCUT2D eigenvalue weighted by Gasteiger charge is 2.25. The molecule has 1 fully saturated rings. The summed E-state index contributed by atoms with van der Waals surface area (Å²) in [4.78, 5) is 18.6. The minimum absolute atomic E-state index is 0. The van der Waals surface area contributed by atoms with Crippen LogP contribution < -0.4 is 10.6 Å². The number of rotatable bonds is 5.